The first-order valence-corrected chi connectivity index (χ1v) is 8.97. The molecular weight excluding hydrogens is 378 g/mol. The number of nitrogens with one attached hydrogen (secondary N) is 1. The highest BCUT2D eigenvalue weighted by atomic mass is 19.1. The molecule has 0 bridgehead atoms. The smallest absolute Gasteiger partial charge is 0.167 e. The third-order valence-corrected chi connectivity index (χ3v) is 4.31. The summed E-state index contributed by atoms with van der Waals surface area (Å²) >= 11 is 0. The van der Waals surface area contributed by atoms with Gasteiger partial charge >= 0.3 is 0 Å². The molecule has 4 heterocycles. The summed E-state index contributed by atoms with van der Waals surface area (Å²) in [5.41, 5.74) is 2.65. The van der Waals surface area contributed by atoms with Gasteiger partial charge in [-0.3, -0.25) is 9.67 Å². The molecule has 0 fully saturated rings. The van der Waals surface area contributed by atoms with Crippen LogP contribution in [0.15, 0.2) is 42.9 Å². The minimum Gasteiger partial charge on any atom is -0.391 e. The Morgan fingerprint density at radius 1 is 1.14 bits per heavy atom. The Bertz CT molecular complexity index is 1190. The minimum atomic E-state index is -0.669. The van der Waals surface area contributed by atoms with Gasteiger partial charge in [0.2, 0.25) is 0 Å². The molecule has 0 saturated carbocycles. The number of aryl methyl sites for hydroxylation is 1. The average Bonchev–Trinajstić information content (AvgIpc) is 3.08. The average molecular weight is 396 g/mol. The predicted octanol–water partition coefficient (Wildman–Crippen LogP) is 3.60. The van der Waals surface area contributed by atoms with E-state index in [2.05, 4.69) is 25.4 Å². The van der Waals surface area contributed by atoms with Gasteiger partial charge in [-0.2, -0.15) is 5.10 Å². The van der Waals surface area contributed by atoms with Crippen molar-refractivity contribution in [1.82, 2.24) is 24.7 Å². The van der Waals surface area contributed by atoms with Crippen molar-refractivity contribution < 1.29 is 13.9 Å². The van der Waals surface area contributed by atoms with Crippen LogP contribution in [0.4, 0.5) is 20.2 Å². The van der Waals surface area contributed by atoms with Gasteiger partial charge in [0, 0.05) is 17.6 Å². The van der Waals surface area contributed by atoms with E-state index >= 15 is 0 Å². The lowest BCUT2D eigenvalue weighted by molar-refractivity contribution is 0.170. The first-order valence-electron chi connectivity index (χ1n) is 8.97. The molecule has 1 atom stereocenters. The van der Waals surface area contributed by atoms with Crippen LogP contribution >= 0.6 is 0 Å². The van der Waals surface area contributed by atoms with Crippen molar-refractivity contribution in [3.63, 3.8) is 0 Å². The standard InChI is InChI=1S/C20H18F2N6O/c1-11-3-4-14(21)18(26-11)16-7-13(5-6-23-16)27-19-15(22)8-24-17-9-25-28(20(17)19)10-12(2)29/h3-9,12,29H,10H2,1-2H3,(H,23,24,27)/t12-/m0/s1. The Kier molecular flexibility index (Phi) is 4.89. The van der Waals surface area contributed by atoms with Gasteiger partial charge in [0.05, 0.1) is 30.7 Å². The third-order valence-electron chi connectivity index (χ3n) is 4.31. The number of halogens is 2. The Balaban J connectivity index is 1.77. The molecule has 0 aliphatic carbocycles. The van der Waals surface area contributed by atoms with Crippen LogP contribution in [0.1, 0.15) is 12.6 Å². The van der Waals surface area contributed by atoms with Crippen molar-refractivity contribution in [3.8, 4) is 11.4 Å². The number of hydrogen-bond acceptors (Lipinski definition) is 6. The highest BCUT2D eigenvalue weighted by Crippen LogP contribution is 2.30. The van der Waals surface area contributed by atoms with E-state index < -0.39 is 17.7 Å². The van der Waals surface area contributed by atoms with Gasteiger partial charge in [0.1, 0.15) is 22.4 Å². The summed E-state index contributed by atoms with van der Waals surface area (Å²) in [5, 5.41) is 16.9. The van der Waals surface area contributed by atoms with E-state index in [1.165, 1.54) is 23.1 Å². The molecule has 0 amide bonds. The number of anilines is 2. The van der Waals surface area contributed by atoms with Crippen LogP contribution in [0.2, 0.25) is 0 Å². The maximum absolute atomic E-state index is 14.6. The second kappa shape index (κ2) is 7.51. The number of pyridine rings is 3. The van der Waals surface area contributed by atoms with E-state index in [-0.39, 0.29) is 17.9 Å². The zero-order valence-corrected chi connectivity index (χ0v) is 15.8. The summed E-state index contributed by atoms with van der Waals surface area (Å²) in [5.74, 6) is -1.07. The summed E-state index contributed by atoms with van der Waals surface area (Å²) in [7, 11) is 0. The summed E-state index contributed by atoms with van der Waals surface area (Å²) < 4.78 is 30.3. The SMILES string of the molecule is Cc1ccc(F)c(-c2cc(Nc3c(F)cnc4cnn(C[C@H](C)O)c34)ccn2)n1. The molecule has 0 spiro atoms. The molecule has 4 rings (SSSR count). The van der Waals surface area contributed by atoms with Gasteiger partial charge in [-0.15, -0.1) is 0 Å². The molecule has 9 heteroatoms. The van der Waals surface area contributed by atoms with Gasteiger partial charge in [-0.25, -0.2) is 18.7 Å². The van der Waals surface area contributed by atoms with E-state index in [0.29, 0.717) is 28.1 Å². The van der Waals surface area contributed by atoms with E-state index in [1.54, 1.807) is 32.0 Å². The first-order chi connectivity index (χ1) is 13.9. The molecule has 2 N–H and O–H groups in total. The molecule has 0 aromatic carbocycles. The van der Waals surface area contributed by atoms with Crippen LogP contribution < -0.4 is 5.32 Å². The summed E-state index contributed by atoms with van der Waals surface area (Å²) in [6.07, 6.45) is 3.43. The maximum atomic E-state index is 14.6. The van der Waals surface area contributed by atoms with Crippen LogP contribution in [-0.4, -0.2) is 35.9 Å². The van der Waals surface area contributed by atoms with E-state index in [0.717, 1.165) is 6.20 Å². The summed E-state index contributed by atoms with van der Waals surface area (Å²) in [6.45, 7) is 3.56. The lowest BCUT2D eigenvalue weighted by Crippen LogP contribution is -2.13. The largest absolute Gasteiger partial charge is 0.391 e. The van der Waals surface area contributed by atoms with E-state index in [1.807, 2.05) is 0 Å². The molecule has 148 valence electrons. The molecule has 4 aromatic heterocycles. The number of hydrogen-bond donors (Lipinski definition) is 2. The van der Waals surface area contributed by atoms with Crippen molar-refractivity contribution in [2.24, 2.45) is 0 Å². The number of aliphatic hydroxyl groups is 1. The fourth-order valence-electron chi connectivity index (χ4n) is 3.04. The molecule has 0 saturated heterocycles. The zero-order valence-electron chi connectivity index (χ0n) is 15.8. The minimum absolute atomic E-state index is 0.119. The maximum Gasteiger partial charge on any atom is 0.167 e. The van der Waals surface area contributed by atoms with E-state index in [9.17, 15) is 13.9 Å². The molecule has 29 heavy (non-hydrogen) atoms. The lowest BCUT2D eigenvalue weighted by atomic mass is 10.2. The molecule has 0 unspecified atom stereocenters. The van der Waals surface area contributed by atoms with Crippen molar-refractivity contribution in [2.75, 3.05) is 5.32 Å². The Morgan fingerprint density at radius 3 is 2.76 bits per heavy atom. The second-order valence-corrected chi connectivity index (χ2v) is 6.73. The van der Waals surface area contributed by atoms with Crippen molar-refractivity contribution in [1.29, 1.82) is 0 Å². The highest BCUT2D eigenvalue weighted by Gasteiger charge is 2.16. The fourth-order valence-corrected chi connectivity index (χ4v) is 3.04. The molecule has 7 nitrogen and oxygen atoms in total. The molecule has 0 aliphatic heterocycles. The third kappa shape index (κ3) is 3.77. The Labute approximate surface area is 165 Å². The van der Waals surface area contributed by atoms with Crippen molar-refractivity contribution in [3.05, 3.63) is 60.2 Å². The van der Waals surface area contributed by atoms with Crippen LogP contribution in [0.5, 0.6) is 0 Å². The fraction of sp³-hybridized carbons (Fsp3) is 0.200. The normalized spacial score (nSPS) is 12.3. The first kappa shape index (κ1) is 18.9. The quantitative estimate of drug-likeness (QED) is 0.536. The van der Waals surface area contributed by atoms with Gasteiger partial charge in [-0.1, -0.05) is 0 Å². The molecule has 4 aromatic rings. The van der Waals surface area contributed by atoms with Crippen molar-refractivity contribution >= 4 is 22.4 Å². The summed E-state index contributed by atoms with van der Waals surface area (Å²) in [6, 6.07) is 6.14. The number of aromatic nitrogens is 5. The molecular formula is C20H18F2N6O. The van der Waals surface area contributed by atoms with Crippen LogP contribution in [0.25, 0.3) is 22.4 Å². The highest BCUT2D eigenvalue weighted by molar-refractivity contribution is 5.90. The number of nitrogens with zero attached hydrogens (tertiary/aromatic N) is 5. The number of fused-ring (bicyclic) bond motifs is 1. The topological polar surface area (TPSA) is 88.8 Å². The van der Waals surface area contributed by atoms with Gasteiger partial charge in [0.25, 0.3) is 0 Å². The molecule has 0 aliphatic rings. The van der Waals surface area contributed by atoms with Gasteiger partial charge < -0.3 is 10.4 Å². The van der Waals surface area contributed by atoms with Crippen molar-refractivity contribution in [2.45, 2.75) is 26.5 Å². The zero-order chi connectivity index (χ0) is 20.5. The second-order valence-electron chi connectivity index (χ2n) is 6.73. The van der Waals surface area contributed by atoms with E-state index in [4.69, 9.17) is 0 Å². The van der Waals surface area contributed by atoms with Crippen LogP contribution in [0, 0.1) is 18.6 Å². The molecule has 0 radical (unpaired) electrons. The van der Waals surface area contributed by atoms with Gasteiger partial charge in [-0.05, 0) is 38.1 Å². The van der Waals surface area contributed by atoms with Crippen LogP contribution in [0.3, 0.4) is 0 Å². The van der Waals surface area contributed by atoms with Gasteiger partial charge in [0.15, 0.2) is 11.6 Å². The summed E-state index contributed by atoms with van der Waals surface area (Å²) in [4.78, 5) is 12.4. The lowest BCUT2D eigenvalue weighted by Gasteiger charge is -2.13. The predicted molar refractivity (Wildman–Crippen MR) is 105 cm³/mol. The monoisotopic (exact) mass is 396 g/mol. The number of aliphatic hydroxyl groups excluding tert-OH is 1. The number of rotatable bonds is 5. The van der Waals surface area contributed by atoms with Crippen LogP contribution in [-0.2, 0) is 6.54 Å². The Morgan fingerprint density at radius 2 is 1.97 bits per heavy atom. The Hall–Kier alpha value is -3.46.